The minimum Gasteiger partial charge on any atom is -0.508 e. The van der Waals surface area contributed by atoms with Gasteiger partial charge < -0.3 is 15.2 Å². The average Bonchev–Trinajstić information content (AvgIpc) is 2.41. The molecule has 0 saturated carbocycles. The van der Waals surface area contributed by atoms with Crippen molar-refractivity contribution in [1.82, 2.24) is 0 Å². The highest BCUT2D eigenvalue weighted by Gasteiger charge is 2.11. The third-order valence-corrected chi connectivity index (χ3v) is 2.91. The summed E-state index contributed by atoms with van der Waals surface area (Å²) in [7, 11) is 1.60. The Morgan fingerprint density at radius 2 is 2.00 bits per heavy atom. The van der Waals surface area contributed by atoms with Crippen molar-refractivity contribution >= 4 is 5.69 Å². The maximum atomic E-state index is 13.2. The van der Waals surface area contributed by atoms with Crippen molar-refractivity contribution in [2.24, 2.45) is 0 Å². The fourth-order valence-electron chi connectivity index (χ4n) is 1.91. The lowest BCUT2D eigenvalue weighted by atomic mass is 10.1. The molecule has 1 atom stereocenters. The molecule has 0 bridgehead atoms. The molecule has 0 aliphatic carbocycles. The van der Waals surface area contributed by atoms with Crippen LogP contribution in [0.25, 0.3) is 0 Å². The molecule has 4 heteroatoms. The second-order valence-electron chi connectivity index (χ2n) is 4.30. The number of aromatic hydroxyl groups is 1. The molecule has 0 fully saturated rings. The van der Waals surface area contributed by atoms with Crippen LogP contribution in [0.5, 0.6) is 11.5 Å². The molecule has 2 rings (SSSR count). The summed E-state index contributed by atoms with van der Waals surface area (Å²) in [6, 6.07) is 11.1. The maximum absolute atomic E-state index is 13.2. The summed E-state index contributed by atoms with van der Waals surface area (Å²) in [5, 5.41) is 12.9. The summed E-state index contributed by atoms with van der Waals surface area (Å²) in [5.74, 6) is 0.442. The number of hydrogen-bond acceptors (Lipinski definition) is 3. The summed E-state index contributed by atoms with van der Waals surface area (Å²) < 4.78 is 18.3. The molecule has 0 heterocycles. The summed E-state index contributed by atoms with van der Waals surface area (Å²) in [6.07, 6.45) is 0. The first-order valence-electron chi connectivity index (χ1n) is 5.99. The predicted octanol–water partition coefficient (Wildman–Crippen LogP) is 3.71. The number of ether oxygens (including phenoxy) is 1. The zero-order chi connectivity index (χ0) is 13.8. The van der Waals surface area contributed by atoms with Crippen molar-refractivity contribution in [3.8, 4) is 11.5 Å². The van der Waals surface area contributed by atoms with Crippen molar-refractivity contribution in [3.63, 3.8) is 0 Å². The molecule has 0 radical (unpaired) electrons. The minimum atomic E-state index is -0.368. The number of halogens is 1. The summed E-state index contributed by atoms with van der Waals surface area (Å²) in [4.78, 5) is 0. The fourth-order valence-corrected chi connectivity index (χ4v) is 1.91. The summed E-state index contributed by atoms with van der Waals surface area (Å²) >= 11 is 0. The second-order valence-corrected chi connectivity index (χ2v) is 4.30. The Hall–Kier alpha value is -2.23. The van der Waals surface area contributed by atoms with E-state index in [0.717, 1.165) is 11.4 Å². The average molecular weight is 261 g/mol. The van der Waals surface area contributed by atoms with E-state index in [2.05, 4.69) is 5.32 Å². The molecule has 19 heavy (non-hydrogen) atoms. The Morgan fingerprint density at radius 3 is 2.74 bits per heavy atom. The van der Waals surface area contributed by atoms with Crippen LogP contribution in [0, 0.1) is 5.82 Å². The Kier molecular flexibility index (Phi) is 3.90. The van der Waals surface area contributed by atoms with Crippen LogP contribution >= 0.6 is 0 Å². The fraction of sp³-hybridized carbons (Fsp3) is 0.200. The van der Waals surface area contributed by atoms with Gasteiger partial charge in [-0.25, -0.2) is 4.39 Å². The van der Waals surface area contributed by atoms with Gasteiger partial charge in [0.1, 0.15) is 17.3 Å². The molecular weight excluding hydrogens is 245 g/mol. The van der Waals surface area contributed by atoms with E-state index in [9.17, 15) is 9.50 Å². The lowest BCUT2D eigenvalue weighted by Gasteiger charge is -2.17. The highest BCUT2D eigenvalue weighted by Crippen LogP contribution is 2.28. The van der Waals surface area contributed by atoms with Crippen LogP contribution in [0.3, 0.4) is 0 Å². The number of hydrogen-bond donors (Lipinski definition) is 2. The maximum Gasteiger partial charge on any atom is 0.123 e. The van der Waals surface area contributed by atoms with Crippen LogP contribution in [-0.4, -0.2) is 12.2 Å². The number of methoxy groups -OCH3 is 1. The van der Waals surface area contributed by atoms with Crippen LogP contribution in [0.1, 0.15) is 18.5 Å². The van der Waals surface area contributed by atoms with Gasteiger partial charge in [-0.2, -0.15) is 0 Å². The molecule has 3 nitrogen and oxygen atoms in total. The molecule has 2 aromatic carbocycles. The lowest BCUT2D eigenvalue weighted by Crippen LogP contribution is -2.07. The normalized spacial score (nSPS) is 11.9. The van der Waals surface area contributed by atoms with Gasteiger partial charge in [0, 0.05) is 17.3 Å². The van der Waals surface area contributed by atoms with Gasteiger partial charge in [-0.15, -0.1) is 0 Å². The third-order valence-electron chi connectivity index (χ3n) is 2.91. The smallest absolute Gasteiger partial charge is 0.123 e. The third kappa shape index (κ3) is 3.16. The van der Waals surface area contributed by atoms with Crippen LogP contribution in [-0.2, 0) is 0 Å². The first kappa shape index (κ1) is 13.2. The Labute approximate surface area is 111 Å². The van der Waals surface area contributed by atoms with E-state index in [4.69, 9.17) is 4.74 Å². The number of benzene rings is 2. The largest absolute Gasteiger partial charge is 0.508 e. The topological polar surface area (TPSA) is 41.5 Å². The second kappa shape index (κ2) is 5.61. The Balaban J connectivity index is 2.20. The SMILES string of the molecule is COc1cccc(NC(C)c2cc(F)ccc2O)c1. The van der Waals surface area contributed by atoms with Gasteiger partial charge in [-0.3, -0.25) is 0 Å². The van der Waals surface area contributed by atoms with E-state index in [-0.39, 0.29) is 17.6 Å². The van der Waals surface area contributed by atoms with E-state index >= 15 is 0 Å². The number of nitrogens with one attached hydrogen (secondary N) is 1. The quantitative estimate of drug-likeness (QED) is 0.881. The molecule has 100 valence electrons. The monoisotopic (exact) mass is 261 g/mol. The molecule has 2 N–H and O–H groups in total. The minimum absolute atomic E-state index is 0.0734. The molecular formula is C15H16FNO2. The van der Waals surface area contributed by atoms with E-state index in [0.29, 0.717) is 5.56 Å². The van der Waals surface area contributed by atoms with Crippen molar-refractivity contribution in [2.45, 2.75) is 13.0 Å². The van der Waals surface area contributed by atoms with E-state index in [1.807, 2.05) is 31.2 Å². The number of anilines is 1. The molecule has 1 unspecified atom stereocenters. The Morgan fingerprint density at radius 1 is 1.21 bits per heavy atom. The van der Waals surface area contributed by atoms with Gasteiger partial charge in [0.05, 0.1) is 13.2 Å². The number of phenols is 1. The standard InChI is InChI=1S/C15H16FNO2/c1-10(14-8-11(16)6-7-15(14)18)17-12-4-3-5-13(9-12)19-2/h3-10,17-18H,1-2H3. The van der Waals surface area contributed by atoms with E-state index in [1.165, 1.54) is 18.2 Å². The molecule has 0 saturated heterocycles. The van der Waals surface area contributed by atoms with Crippen LogP contribution in [0.4, 0.5) is 10.1 Å². The summed E-state index contributed by atoms with van der Waals surface area (Å²) in [6.45, 7) is 1.86. The lowest BCUT2D eigenvalue weighted by molar-refractivity contribution is 0.415. The highest BCUT2D eigenvalue weighted by atomic mass is 19.1. The number of rotatable bonds is 4. The van der Waals surface area contributed by atoms with Crippen LogP contribution < -0.4 is 10.1 Å². The zero-order valence-corrected chi connectivity index (χ0v) is 10.9. The molecule has 2 aromatic rings. The van der Waals surface area contributed by atoms with Crippen molar-refractivity contribution in [3.05, 3.63) is 53.8 Å². The Bertz CT molecular complexity index is 572. The van der Waals surface area contributed by atoms with E-state index < -0.39 is 0 Å². The highest BCUT2D eigenvalue weighted by molar-refractivity contribution is 5.51. The predicted molar refractivity (Wildman–Crippen MR) is 73.1 cm³/mol. The van der Waals surface area contributed by atoms with Gasteiger partial charge >= 0.3 is 0 Å². The molecule has 0 amide bonds. The molecule has 0 aliphatic rings. The van der Waals surface area contributed by atoms with Crippen molar-refractivity contribution in [2.75, 3.05) is 12.4 Å². The van der Waals surface area contributed by atoms with Crippen molar-refractivity contribution in [1.29, 1.82) is 0 Å². The van der Waals surface area contributed by atoms with Gasteiger partial charge in [0.25, 0.3) is 0 Å². The first-order valence-corrected chi connectivity index (χ1v) is 5.99. The van der Waals surface area contributed by atoms with Crippen molar-refractivity contribution < 1.29 is 14.2 Å². The van der Waals surface area contributed by atoms with E-state index in [1.54, 1.807) is 7.11 Å². The zero-order valence-electron chi connectivity index (χ0n) is 10.9. The first-order chi connectivity index (χ1) is 9.10. The van der Waals surface area contributed by atoms with Gasteiger partial charge in [-0.1, -0.05) is 6.07 Å². The van der Waals surface area contributed by atoms with Gasteiger partial charge in [-0.05, 0) is 37.3 Å². The number of phenolic OH excluding ortho intramolecular Hbond substituents is 1. The summed E-state index contributed by atoms with van der Waals surface area (Å²) in [5.41, 5.74) is 1.36. The van der Waals surface area contributed by atoms with Gasteiger partial charge in [0.2, 0.25) is 0 Å². The molecule has 0 spiro atoms. The molecule has 0 aromatic heterocycles. The van der Waals surface area contributed by atoms with Crippen LogP contribution in [0.15, 0.2) is 42.5 Å². The molecule has 0 aliphatic heterocycles. The van der Waals surface area contributed by atoms with Crippen LogP contribution in [0.2, 0.25) is 0 Å². The van der Waals surface area contributed by atoms with Gasteiger partial charge in [0.15, 0.2) is 0 Å².